The number of carbonyl (C=O) groups is 1. The topological polar surface area (TPSA) is 117 Å². The minimum Gasteiger partial charge on any atom is -0.454 e. The van der Waals surface area contributed by atoms with E-state index in [4.69, 9.17) is 13.9 Å². The number of nitro groups is 1. The number of oxazole rings is 1. The Labute approximate surface area is 140 Å². The summed E-state index contributed by atoms with van der Waals surface area (Å²) in [5, 5.41) is 13.9. The third-order valence-corrected chi connectivity index (χ3v) is 3.68. The highest BCUT2D eigenvalue weighted by molar-refractivity contribution is 6.08. The van der Waals surface area contributed by atoms with Gasteiger partial charge in [-0.1, -0.05) is 0 Å². The molecule has 0 unspecified atom stereocenters. The molecule has 1 amide bonds. The van der Waals surface area contributed by atoms with Crippen molar-refractivity contribution < 1.29 is 23.6 Å². The molecule has 1 aliphatic rings. The molecule has 25 heavy (non-hydrogen) atoms. The Hall–Kier alpha value is -3.62. The van der Waals surface area contributed by atoms with Crippen LogP contribution in [0.5, 0.6) is 11.5 Å². The summed E-state index contributed by atoms with van der Waals surface area (Å²) in [6.07, 6.45) is 0. The molecule has 0 atom stereocenters. The lowest BCUT2D eigenvalue weighted by molar-refractivity contribution is -0.385. The molecule has 1 aliphatic heterocycles. The number of amides is 1. The van der Waals surface area contributed by atoms with Crippen LogP contribution in [0.15, 0.2) is 34.7 Å². The first kappa shape index (κ1) is 14.9. The van der Waals surface area contributed by atoms with Crippen molar-refractivity contribution in [1.29, 1.82) is 0 Å². The van der Waals surface area contributed by atoms with Crippen LogP contribution in [0.3, 0.4) is 0 Å². The summed E-state index contributed by atoms with van der Waals surface area (Å²) in [6.45, 7) is 1.67. The van der Waals surface area contributed by atoms with Crippen molar-refractivity contribution in [3.63, 3.8) is 0 Å². The molecule has 2 aromatic carbocycles. The van der Waals surface area contributed by atoms with Crippen molar-refractivity contribution in [3.8, 4) is 11.5 Å². The number of ether oxygens (including phenoxy) is 2. The van der Waals surface area contributed by atoms with Crippen LogP contribution in [0, 0.1) is 17.0 Å². The third kappa shape index (κ3) is 2.61. The molecule has 3 aromatic rings. The van der Waals surface area contributed by atoms with Crippen LogP contribution in [0.4, 0.5) is 11.4 Å². The van der Waals surface area contributed by atoms with Gasteiger partial charge in [-0.05, 0) is 18.2 Å². The van der Waals surface area contributed by atoms with Crippen LogP contribution in [0.2, 0.25) is 0 Å². The summed E-state index contributed by atoms with van der Waals surface area (Å²) in [4.78, 5) is 27.3. The highest BCUT2D eigenvalue weighted by Crippen LogP contribution is 2.38. The number of carbonyl (C=O) groups excluding carboxylic acids is 1. The maximum Gasteiger partial charge on any atom is 0.286 e. The summed E-state index contributed by atoms with van der Waals surface area (Å²) in [5.74, 6) is 0.399. The van der Waals surface area contributed by atoms with Gasteiger partial charge in [0, 0.05) is 18.7 Å². The number of aryl methyl sites for hydroxylation is 1. The van der Waals surface area contributed by atoms with Crippen molar-refractivity contribution in [2.45, 2.75) is 6.92 Å². The predicted octanol–water partition coefficient (Wildman–Crippen LogP) is 3.03. The van der Waals surface area contributed by atoms with Crippen molar-refractivity contribution in [1.82, 2.24) is 4.98 Å². The summed E-state index contributed by atoms with van der Waals surface area (Å²) < 4.78 is 15.7. The highest BCUT2D eigenvalue weighted by Gasteiger charge is 2.27. The standard InChI is InChI=1S/C16H11N3O6/c1-8-17-11-4-9(2-3-13(11)25-8)18-16(20)10-5-14-15(24-7-23-14)6-12(10)19(21)22/h2-6H,7H2,1H3,(H,18,20). The Morgan fingerprint density at radius 3 is 2.76 bits per heavy atom. The molecule has 9 heteroatoms. The Kier molecular flexibility index (Phi) is 3.27. The minimum atomic E-state index is -0.638. The predicted molar refractivity (Wildman–Crippen MR) is 85.9 cm³/mol. The molecule has 1 aromatic heterocycles. The normalized spacial score (nSPS) is 12.4. The Morgan fingerprint density at radius 2 is 2.00 bits per heavy atom. The molecule has 0 bridgehead atoms. The first-order valence-corrected chi connectivity index (χ1v) is 7.28. The summed E-state index contributed by atoms with van der Waals surface area (Å²) >= 11 is 0. The van der Waals surface area contributed by atoms with E-state index in [9.17, 15) is 14.9 Å². The number of fused-ring (bicyclic) bond motifs is 2. The number of rotatable bonds is 3. The summed E-state index contributed by atoms with van der Waals surface area (Å²) in [7, 11) is 0. The largest absolute Gasteiger partial charge is 0.454 e. The van der Waals surface area contributed by atoms with Crippen molar-refractivity contribution in [3.05, 3.63) is 51.9 Å². The molecule has 0 saturated carbocycles. The molecule has 0 radical (unpaired) electrons. The molecule has 0 aliphatic carbocycles. The van der Waals surface area contributed by atoms with E-state index in [-0.39, 0.29) is 23.8 Å². The lowest BCUT2D eigenvalue weighted by Gasteiger charge is -2.07. The maximum absolute atomic E-state index is 12.5. The molecular weight excluding hydrogens is 330 g/mol. The van der Waals surface area contributed by atoms with Crippen LogP contribution in [-0.2, 0) is 0 Å². The van der Waals surface area contributed by atoms with Gasteiger partial charge in [-0.2, -0.15) is 0 Å². The number of aromatic nitrogens is 1. The van der Waals surface area contributed by atoms with Gasteiger partial charge in [0.05, 0.1) is 11.0 Å². The number of hydrogen-bond donors (Lipinski definition) is 1. The molecule has 9 nitrogen and oxygen atoms in total. The molecule has 2 heterocycles. The van der Waals surface area contributed by atoms with Gasteiger partial charge in [-0.15, -0.1) is 0 Å². The fraction of sp³-hybridized carbons (Fsp3) is 0.125. The van der Waals surface area contributed by atoms with Gasteiger partial charge in [0.1, 0.15) is 11.1 Å². The van der Waals surface area contributed by atoms with Gasteiger partial charge >= 0.3 is 0 Å². The molecular formula is C16H11N3O6. The van der Waals surface area contributed by atoms with Crippen LogP contribution in [-0.4, -0.2) is 22.6 Å². The lowest BCUT2D eigenvalue weighted by atomic mass is 10.1. The number of hydrogen-bond acceptors (Lipinski definition) is 7. The number of nitrogens with zero attached hydrogens (tertiary/aromatic N) is 2. The van der Waals surface area contributed by atoms with Gasteiger partial charge in [0.25, 0.3) is 11.6 Å². The van der Waals surface area contributed by atoms with Crippen LogP contribution in [0.1, 0.15) is 16.2 Å². The lowest BCUT2D eigenvalue weighted by Crippen LogP contribution is -2.14. The zero-order chi connectivity index (χ0) is 17.6. The average Bonchev–Trinajstić information content (AvgIpc) is 3.17. The van der Waals surface area contributed by atoms with Crippen molar-refractivity contribution >= 4 is 28.4 Å². The summed E-state index contributed by atoms with van der Waals surface area (Å²) in [5.41, 5.74) is 1.13. The first-order chi connectivity index (χ1) is 12.0. The molecule has 4 rings (SSSR count). The number of benzene rings is 2. The van der Waals surface area contributed by atoms with E-state index in [1.807, 2.05) is 0 Å². The van der Waals surface area contributed by atoms with Gasteiger partial charge < -0.3 is 19.2 Å². The molecule has 0 saturated heterocycles. The molecule has 0 fully saturated rings. The molecule has 126 valence electrons. The van der Waals surface area contributed by atoms with E-state index in [0.29, 0.717) is 28.4 Å². The number of anilines is 1. The van der Waals surface area contributed by atoms with Crippen LogP contribution < -0.4 is 14.8 Å². The first-order valence-electron chi connectivity index (χ1n) is 7.28. The molecule has 0 spiro atoms. The van der Waals surface area contributed by atoms with E-state index in [0.717, 1.165) is 0 Å². The summed E-state index contributed by atoms with van der Waals surface area (Å²) in [6, 6.07) is 7.40. The zero-order valence-corrected chi connectivity index (χ0v) is 12.9. The number of nitro benzene ring substituents is 1. The second-order valence-electron chi connectivity index (χ2n) is 5.35. The van der Waals surface area contributed by atoms with Gasteiger partial charge in [0.2, 0.25) is 6.79 Å². The second-order valence-corrected chi connectivity index (χ2v) is 5.35. The SMILES string of the molecule is Cc1nc2cc(NC(=O)c3cc4c(cc3[N+](=O)[O-])OCO4)ccc2o1. The third-order valence-electron chi connectivity index (χ3n) is 3.68. The van der Waals surface area contributed by atoms with E-state index in [2.05, 4.69) is 10.3 Å². The average molecular weight is 341 g/mol. The van der Waals surface area contributed by atoms with Crippen molar-refractivity contribution in [2.24, 2.45) is 0 Å². The fourth-order valence-corrected chi connectivity index (χ4v) is 2.58. The van der Waals surface area contributed by atoms with Gasteiger partial charge in [-0.25, -0.2) is 4.98 Å². The minimum absolute atomic E-state index is 0.0419. The monoisotopic (exact) mass is 341 g/mol. The van der Waals surface area contributed by atoms with Gasteiger partial charge in [-0.3, -0.25) is 14.9 Å². The molecule has 1 N–H and O–H groups in total. The fourth-order valence-electron chi connectivity index (χ4n) is 2.58. The van der Waals surface area contributed by atoms with E-state index >= 15 is 0 Å². The second kappa shape index (κ2) is 5.48. The smallest absolute Gasteiger partial charge is 0.286 e. The number of nitrogens with one attached hydrogen (secondary N) is 1. The zero-order valence-electron chi connectivity index (χ0n) is 12.9. The van der Waals surface area contributed by atoms with Crippen LogP contribution >= 0.6 is 0 Å². The Morgan fingerprint density at radius 1 is 1.24 bits per heavy atom. The quantitative estimate of drug-likeness (QED) is 0.575. The van der Waals surface area contributed by atoms with E-state index < -0.39 is 10.8 Å². The van der Waals surface area contributed by atoms with E-state index in [1.165, 1.54) is 12.1 Å². The highest BCUT2D eigenvalue weighted by atomic mass is 16.7. The Balaban J connectivity index is 1.69. The van der Waals surface area contributed by atoms with Crippen LogP contribution in [0.25, 0.3) is 11.1 Å². The van der Waals surface area contributed by atoms with Crippen molar-refractivity contribution in [2.75, 3.05) is 12.1 Å². The maximum atomic E-state index is 12.5. The Bertz CT molecular complexity index is 1030. The van der Waals surface area contributed by atoms with E-state index in [1.54, 1.807) is 25.1 Å². The van der Waals surface area contributed by atoms with Gasteiger partial charge in [0.15, 0.2) is 23.0 Å².